The standard InChI is InChI=1S/C12H27NO2Si2/c1-9-15-12(14)10-11(2)13(16(3,4)5)17(6,7)8/h10H,9H2,1-8H3. The van der Waals surface area contributed by atoms with Gasteiger partial charge in [0.15, 0.2) is 0 Å². The van der Waals surface area contributed by atoms with Crippen LogP contribution in [0.4, 0.5) is 0 Å². The second-order valence-electron chi connectivity index (χ2n) is 6.21. The first kappa shape index (κ1) is 16.4. The number of ether oxygens (including phenoxy) is 1. The van der Waals surface area contributed by atoms with Gasteiger partial charge in [-0.25, -0.2) is 4.79 Å². The van der Waals surface area contributed by atoms with E-state index in [4.69, 9.17) is 4.74 Å². The largest absolute Gasteiger partial charge is 0.463 e. The number of hydrogen-bond acceptors (Lipinski definition) is 3. The summed E-state index contributed by atoms with van der Waals surface area (Å²) in [4.78, 5) is 11.5. The molecule has 0 heterocycles. The van der Waals surface area contributed by atoms with Gasteiger partial charge in [-0.1, -0.05) is 39.3 Å². The van der Waals surface area contributed by atoms with Crippen molar-refractivity contribution in [3.8, 4) is 0 Å². The first-order valence-electron chi connectivity index (χ1n) is 6.15. The zero-order chi connectivity index (χ0) is 13.9. The molecule has 0 fully saturated rings. The van der Waals surface area contributed by atoms with Crippen LogP contribution in [0.3, 0.4) is 0 Å². The molecule has 0 aromatic carbocycles. The van der Waals surface area contributed by atoms with Crippen molar-refractivity contribution in [1.82, 2.24) is 4.23 Å². The van der Waals surface area contributed by atoms with Gasteiger partial charge in [0.2, 0.25) is 0 Å². The fourth-order valence-corrected chi connectivity index (χ4v) is 12.8. The first-order valence-corrected chi connectivity index (χ1v) is 13.0. The molecule has 0 atom stereocenters. The Morgan fingerprint density at radius 3 is 1.82 bits per heavy atom. The Hall–Kier alpha value is -0.556. The van der Waals surface area contributed by atoms with E-state index >= 15 is 0 Å². The average molecular weight is 274 g/mol. The van der Waals surface area contributed by atoms with Crippen molar-refractivity contribution >= 4 is 22.4 Å². The predicted molar refractivity (Wildman–Crippen MR) is 78.9 cm³/mol. The molecule has 100 valence electrons. The number of allylic oxidation sites excluding steroid dienone is 1. The SMILES string of the molecule is CCOC(=O)C=C(C)N([Si](C)(C)C)[Si](C)(C)C. The lowest BCUT2D eigenvalue weighted by molar-refractivity contribution is -0.137. The van der Waals surface area contributed by atoms with Gasteiger partial charge in [-0.15, -0.1) is 0 Å². The molecule has 0 saturated heterocycles. The van der Waals surface area contributed by atoms with E-state index in [1.54, 1.807) is 6.08 Å². The van der Waals surface area contributed by atoms with Crippen molar-refractivity contribution in [2.24, 2.45) is 0 Å². The fourth-order valence-electron chi connectivity index (χ4n) is 2.48. The summed E-state index contributed by atoms with van der Waals surface area (Å²) in [7, 11) is -2.91. The second-order valence-corrected chi connectivity index (χ2v) is 16.2. The molecule has 0 aliphatic carbocycles. The van der Waals surface area contributed by atoms with Crippen molar-refractivity contribution < 1.29 is 9.53 Å². The monoisotopic (exact) mass is 273 g/mol. The molecule has 0 unspecified atom stereocenters. The van der Waals surface area contributed by atoms with Gasteiger partial charge < -0.3 is 8.97 Å². The highest BCUT2D eigenvalue weighted by Crippen LogP contribution is 2.24. The molecule has 3 nitrogen and oxygen atoms in total. The van der Waals surface area contributed by atoms with Crippen LogP contribution in [-0.4, -0.2) is 33.3 Å². The predicted octanol–water partition coefficient (Wildman–Crippen LogP) is 3.43. The number of carbonyl (C=O) groups is 1. The summed E-state index contributed by atoms with van der Waals surface area (Å²) in [5.74, 6) is -0.230. The molecule has 0 aliphatic rings. The Labute approximate surface area is 108 Å². The molecular formula is C12H27NO2Si2. The Kier molecular flexibility index (Phi) is 5.67. The van der Waals surface area contributed by atoms with Crippen LogP contribution in [0.1, 0.15) is 13.8 Å². The van der Waals surface area contributed by atoms with Crippen molar-refractivity contribution in [2.75, 3.05) is 6.61 Å². The first-order chi connectivity index (χ1) is 7.50. The van der Waals surface area contributed by atoms with Crippen molar-refractivity contribution in [1.29, 1.82) is 0 Å². The van der Waals surface area contributed by atoms with Crippen molar-refractivity contribution in [2.45, 2.75) is 53.1 Å². The highest BCUT2D eigenvalue weighted by atomic mass is 28.4. The maximum Gasteiger partial charge on any atom is 0.332 e. The molecule has 0 spiro atoms. The Balaban J connectivity index is 5.16. The summed E-state index contributed by atoms with van der Waals surface area (Å²) in [6.07, 6.45) is 1.64. The smallest absolute Gasteiger partial charge is 0.332 e. The minimum Gasteiger partial charge on any atom is -0.463 e. The van der Waals surface area contributed by atoms with Crippen LogP contribution in [0.2, 0.25) is 39.3 Å². The molecule has 0 bridgehead atoms. The number of esters is 1. The topological polar surface area (TPSA) is 29.5 Å². The summed E-state index contributed by atoms with van der Waals surface area (Å²) < 4.78 is 7.49. The summed E-state index contributed by atoms with van der Waals surface area (Å²) in [6.45, 7) is 18.2. The van der Waals surface area contributed by atoms with Crippen LogP contribution >= 0.6 is 0 Å². The maximum absolute atomic E-state index is 11.5. The van der Waals surface area contributed by atoms with Gasteiger partial charge in [0.05, 0.1) is 6.61 Å². The van der Waals surface area contributed by atoms with Crippen LogP contribution in [0, 0.1) is 0 Å². The van der Waals surface area contributed by atoms with E-state index in [1.165, 1.54) is 0 Å². The molecule has 17 heavy (non-hydrogen) atoms. The van der Waals surface area contributed by atoms with E-state index in [2.05, 4.69) is 43.5 Å². The minimum atomic E-state index is -1.46. The summed E-state index contributed by atoms with van der Waals surface area (Å²) in [5, 5.41) is 0. The minimum absolute atomic E-state index is 0.230. The van der Waals surface area contributed by atoms with E-state index in [-0.39, 0.29) is 5.97 Å². The number of carbonyl (C=O) groups excluding carboxylic acids is 1. The highest BCUT2D eigenvalue weighted by Gasteiger charge is 2.34. The second kappa shape index (κ2) is 5.86. The fraction of sp³-hybridized carbons (Fsp3) is 0.750. The summed E-state index contributed by atoms with van der Waals surface area (Å²) >= 11 is 0. The van der Waals surface area contributed by atoms with E-state index in [1.807, 2.05) is 13.8 Å². The van der Waals surface area contributed by atoms with Gasteiger partial charge in [-0.2, -0.15) is 0 Å². The lowest BCUT2D eigenvalue weighted by atomic mass is 10.4. The normalized spacial score (nSPS) is 13.5. The lowest BCUT2D eigenvalue weighted by Crippen LogP contribution is -2.57. The molecule has 0 aromatic rings. The van der Waals surface area contributed by atoms with E-state index in [0.29, 0.717) is 6.61 Å². The molecular weight excluding hydrogens is 246 g/mol. The zero-order valence-electron chi connectivity index (χ0n) is 12.5. The number of rotatable bonds is 5. The lowest BCUT2D eigenvalue weighted by Gasteiger charge is -2.46. The van der Waals surface area contributed by atoms with Crippen molar-refractivity contribution in [3.05, 3.63) is 11.8 Å². The van der Waals surface area contributed by atoms with E-state index in [9.17, 15) is 4.79 Å². The molecule has 0 N–H and O–H groups in total. The van der Waals surface area contributed by atoms with Gasteiger partial charge in [-0.3, -0.25) is 0 Å². The highest BCUT2D eigenvalue weighted by molar-refractivity contribution is 6.90. The van der Waals surface area contributed by atoms with Crippen LogP contribution in [0.5, 0.6) is 0 Å². The van der Waals surface area contributed by atoms with Crippen molar-refractivity contribution in [3.63, 3.8) is 0 Å². The van der Waals surface area contributed by atoms with Gasteiger partial charge in [0, 0.05) is 11.8 Å². The van der Waals surface area contributed by atoms with Crippen LogP contribution in [-0.2, 0) is 9.53 Å². The quantitative estimate of drug-likeness (QED) is 0.437. The Morgan fingerprint density at radius 1 is 1.12 bits per heavy atom. The van der Waals surface area contributed by atoms with E-state index in [0.717, 1.165) is 5.70 Å². The molecule has 0 aromatic heterocycles. The third-order valence-electron chi connectivity index (χ3n) is 2.31. The van der Waals surface area contributed by atoms with Crippen LogP contribution < -0.4 is 0 Å². The van der Waals surface area contributed by atoms with Gasteiger partial charge >= 0.3 is 5.97 Å². The third kappa shape index (κ3) is 5.54. The molecule has 0 radical (unpaired) electrons. The molecule has 5 heteroatoms. The Bertz CT molecular complexity index is 287. The van der Waals surface area contributed by atoms with E-state index < -0.39 is 16.5 Å². The molecule has 0 saturated carbocycles. The van der Waals surface area contributed by atoms with Crippen LogP contribution in [0.25, 0.3) is 0 Å². The summed E-state index contributed by atoms with van der Waals surface area (Å²) in [5.41, 5.74) is 1.06. The van der Waals surface area contributed by atoms with Crippen LogP contribution in [0.15, 0.2) is 11.8 Å². The van der Waals surface area contributed by atoms with Gasteiger partial charge in [0.1, 0.15) is 16.5 Å². The maximum atomic E-state index is 11.5. The molecule has 0 amide bonds. The van der Waals surface area contributed by atoms with Gasteiger partial charge in [0.25, 0.3) is 0 Å². The third-order valence-corrected chi connectivity index (χ3v) is 9.72. The molecule has 0 aliphatic heterocycles. The summed E-state index contributed by atoms with van der Waals surface area (Å²) in [6, 6.07) is 0. The molecule has 0 rings (SSSR count). The Morgan fingerprint density at radius 2 is 1.53 bits per heavy atom. The average Bonchev–Trinajstić information content (AvgIpc) is 1.96. The van der Waals surface area contributed by atoms with Gasteiger partial charge in [-0.05, 0) is 13.8 Å². The number of nitrogens with zero attached hydrogens (tertiary/aromatic N) is 1. The zero-order valence-corrected chi connectivity index (χ0v) is 14.5. The number of hydrogen-bond donors (Lipinski definition) is 0.